The molecule has 0 bridgehead atoms. The fourth-order valence-electron chi connectivity index (χ4n) is 1.41. The van der Waals surface area contributed by atoms with Crippen LogP contribution >= 0.6 is 0 Å². The van der Waals surface area contributed by atoms with Crippen LogP contribution in [0.2, 0.25) is 0 Å². The summed E-state index contributed by atoms with van der Waals surface area (Å²) in [6, 6.07) is 10.3. The summed E-state index contributed by atoms with van der Waals surface area (Å²) in [5, 5.41) is 0. The Bertz CT molecular complexity index is 430. The predicted molar refractivity (Wildman–Crippen MR) is 77.7 cm³/mol. The maximum absolute atomic E-state index is 3.73. The summed E-state index contributed by atoms with van der Waals surface area (Å²) in [7, 11) is 0. The van der Waals surface area contributed by atoms with Gasteiger partial charge in [0.05, 0.1) is 0 Å². The molecule has 0 saturated carbocycles. The van der Waals surface area contributed by atoms with Crippen molar-refractivity contribution in [2.75, 3.05) is 0 Å². The first-order valence-corrected chi connectivity index (χ1v) is 5.69. The van der Waals surface area contributed by atoms with Crippen LogP contribution in [0.4, 0.5) is 0 Å². The molecule has 0 saturated heterocycles. The molecule has 0 radical (unpaired) electrons. The van der Waals surface area contributed by atoms with E-state index in [9.17, 15) is 0 Å². The van der Waals surface area contributed by atoms with Crippen molar-refractivity contribution in [1.82, 2.24) is 0 Å². The molecule has 86 valence electrons. The van der Waals surface area contributed by atoms with Crippen LogP contribution in [0, 0.1) is 0 Å². The Balaban J connectivity index is 2.70. The van der Waals surface area contributed by atoms with Crippen molar-refractivity contribution in [3.8, 4) is 0 Å². The Labute approximate surface area is 104 Å². The highest BCUT2D eigenvalue weighted by molar-refractivity contribution is 5.53. The first-order chi connectivity index (χ1) is 8.36. The van der Waals surface area contributed by atoms with Gasteiger partial charge in [0, 0.05) is 0 Å². The molecule has 0 aliphatic rings. The highest BCUT2D eigenvalue weighted by Gasteiger charge is 1.88. The van der Waals surface area contributed by atoms with Crippen LogP contribution in [-0.4, -0.2) is 0 Å². The van der Waals surface area contributed by atoms with E-state index in [2.05, 4.69) is 43.5 Å². The molecule has 0 unspecified atom stereocenters. The average Bonchev–Trinajstić information content (AvgIpc) is 2.37. The van der Waals surface area contributed by atoms with E-state index >= 15 is 0 Å². The van der Waals surface area contributed by atoms with Crippen LogP contribution in [0.25, 0.3) is 6.08 Å². The second-order valence-electron chi connectivity index (χ2n) is 3.59. The zero-order chi connectivity index (χ0) is 12.3. The smallest absolute Gasteiger partial charge is 0.00943 e. The third kappa shape index (κ3) is 5.53. The number of hydrogen-bond donors (Lipinski definition) is 0. The fourth-order valence-corrected chi connectivity index (χ4v) is 1.41. The van der Waals surface area contributed by atoms with Crippen molar-refractivity contribution in [3.63, 3.8) is 0 Å². The molecule has 0 aliphatic heterocycles. The Morgan fingerprint density at radius 3 is 2.47 bits per heavy atom. The van der Waals surface area contributed by atoms with E-state index in [1.807, 2.05) is 36.4 Å². The van der Waals surface area contributed by atoms with Gasteiger partial charge in [0.25, 0.3) is 0 Å². The topological polar surface area (TPSA) is 0 Å². The second kappa shape index (κ2) is 8.12. The molecular weight excluding hydrogens is 204 g/mol. The predicted octanol–water partition coefficient (Wildman–Crippen LogP) is 4.94. The van der Waals surface area contributed by atoms with E-state index in [1.54, 1.807) is 6.08 Å². The summed E-state index contributed by atoms with van der Waals surface area (Å²) in [6.45, 7) is 7.38. The second-order valence-corrected chi connectivity index (χ2v) is 3.59. The van der Waals surface area contributed by atoms with Gasteiger partial charge in [-0.1, -0.05) is 86.0 Å². The maximum Gasteiger partial charge on any atom is -0.00943 e. The van der Waals surface area contributed by atoms with Gasteiger partial charge in [-0.25, -0.2) is 0 Å². The van der Waals surface area contributed by atoms with Crippen LogP contribution in [0.3, 0.4) is 0 Å². The van der Waals surface area contributed by atoms with Gasteiger partial charge < -0.3 is 0 Å². The highest BCUT2D eigenvalue weighted by Crippen LogP contribution is 2.09. The Morgan fingerprint density at radius 2 is 1.82 bits per heavy atom. The lowest BCUT2D eigenvalue weighted by Crippen LogP contribution is -1.76. The quantitative estimate of drug-likeness (QED) is 0.598. The number of benzene rings is 1. The number of hydrogen-bond acceptors (Lipinski definition) is 0. The van der Waals surface area contributed by atoms with Gasteiger partial charge in [-0.05, 0) is 17.6 Å². The molecule has 0 nitrogen and oxygen atoms in total. The number of rotatable bonds is 6. The lowest BCUT2D eigenvalue weighted by molar-refractivity contribution is 1.29. The minimum absolute atomic E-state index is 0.890. The number of allylic oxidation sites excluding steroid dienone is 7. The summed E-state index contributed by atoms with van der Waals surface area (Å²) in [5.74, 6) is 0. The fraction of sp³-hybridized carbons (Fsp3) is 0.0588. The van der Waals surface area contributed by atoms with E-state index in [0.717, 1.165) is 6.42 Å². The van der Waals surface area contributed by atoms with Crippen LogP contribution in [0.5, 0.6) is 0 Å². The monoisotopic (exact) mass is 222 g/mol. The third-order valence-electron chi connectivity index (χ3n) is 2.25. The van der Waals surface area contributed by atoms with Crippen LogP contribution < -0.4 is 0 Å². The van der Waals surface area contributed by atoms with Crippen molar-refractivity contribution in [2.45, 2.75) is 6.42 Å². The van der Waals surface area contributed by atoms with Crippen molar-refractivity contribution in [3.05, 3.63) is 91.1 Å². The molecule has 0 heterocycles. The Morgan fingerprint density at radius 1 is 1.06 bits per heavy atom. The van der Waals surface area contributed by atoms with Gasteiger partial charge in [-0.3, -0.25) is 0 Å². The Kier molecular flexibility index (Phi) is 6.20. The minimum Gasteiger partial charge on any atom is -0.0991 e. The molecule has 0 heteroatoms. The van der Waals surface area contributed by atoms with Gasteiger partial charge >= 0.3 is 0 Å². The average molecular weight is 222 g/mol. The molecule has 1 aromatic rings. The minimum atomic E-state index is 0.890. The van der Waals surface area contributed by atoms with Crippen molar-refractivity contribution in [1.29, 1.82) is 0 Å². The summed E-state index contributed by atoms with van der Waals surface area (Å²) >= 11 is 0. The van der Waals surface area contributed by atoms with E-state index in [1.165, 1.54) is 11.1 Å². The molecular formula is C17H18. The van der Waals surface area contributed by atoms with E-state index < -0.39 is 0 Å². The largest absolute Gasteiger partial charge is 0.0991 e. The molecule has 0 N–H and O–H groups in total. The van der Waals surface area contributed by atoms with E-state index in [0.29, 0.717) is 0 Å². The molecule has 0 aliphatic carbocycles. The summed E-state index contributed by atoms with van der Waals surface area (Å²) in [6.07, 6.45) is 14.8. The SMILES string of the molecule is C=CC=CCC(C=Cc1ccccc1)=CC=C. The molecule has 1 rings (SSSR count). The van der Waals surface area contributed by atoms with Crippen molar-refractivity contribution >= 4 is 6.08 Å². The van der Waals surface area contributed by atoms with Crippen LogP contribution in [0.15, 0.2) is 85.5 Å². The molecule has 1 aromatic carbocycles. The molecule has 0 fully saturated rings. The van der Waals surface area contributed by atoms with Gasteiger partial charge in [0.2, 0.25) is 0 Å². The molecule has 0 amide bonds. The first kappa shape index (κ1) is 13.0. The summed E-state index contributed by atoms with van der Waals surface area (Å²) in [4.78, 5) is 0. The summed E-state index contributed by atoms with van der Waals surface area (Å²) in [5.41, 5.74) is 2.43. The van der Waals surface area contributed by atoms with Crippen LogP contribution in [0.1, 0.15) is 12.0 Å². The normalized spacial score (nSPS) is 12.1. The Hall–Kier alpha value is -2.08. The van der Waals surface area contributed by atoms with Gasteiger partial charge in [0.15, 0.2) is 0 Å². The zero-order valence-electron chi connectivity index (χ0n) is 10.0. The summed E-state index contributed by atoms with van der Waals surface area (Å²) < 4.78 is 0. The van der Waals surface area contributed by atoms with Crippen molar-refractivity contribution in [2.24, 2.45) is 0 Å². The molecule has 0 spiro atoms. The molecule has 0 aromatic heterocycles. The third-order valence-corrected chi connectivity index (χ3v) is 2.25. The first-order valence-electron chi connectivity index (χ1n) is 5.69. The standard InChI is InChI=1S/C17H18/c1-3-5-7-11-16(10-4-2)14-15-17-12-8-6-9-13-17/h3-10,12-15H,1-2,11H2. The lowest BCUT2D eigenvalue weighted by atomic mass is 10.1. The van der Waals surface area contributed by atoms with E-state index in [4.69, 9.17) is 0 Å². The van der Waals surface area contributed by atoms with Gasteiger partial charge in [0.1, 0.15) is 0 Å². The molecule has 0 atom stereocenters. The highest BCUT2D eigenvalue weighted by atomic mass is 13.9. The lowest BCUT2D eigenvalue weighted by Gasteiger charge is -1.96. The van der Waals surface area contributed by atoms with Gasteiger partial charge in [-0.15, -0.1) is 0 Å². The molecule has 17 heavy (non-hydrogen) atoms. The van der Waals surface area contributed by atoms with Crippen LogP contribution in [-0.2, 0) is 0 Å². The maximum atomic E-state index is 3.73. The van der Waals surface area contributed by atoms with Gasteiger partial charge in [-0.2, -0.15) is 0 Å². The van der Waals surface area contributed by atoms with E-state index in [-0.39, 0.29) is 0 Å². The zero-order valence-corrected chi connectivity index (χ0v) is 10.0. The van der Waals surface area contributed by atoms with Crippen molar-refractivity contribution < 1.29 is 0 Å².